The number of nitrogens with two attached hydrogens (primary N) is 1. The Kier molecular flexibility index (Phi) is 5.20. The lowest BCUT2D eigenvalue weighted by molar-refractivity contribution is 0.724. The number of anilines is 2. The van der Waals surface area contributed by atoms with Crippen LogP contribution >= 0.6 is 0 Å². The first kappa shape index (κ1) is 18.0. The van der Waals surface area contributed by atoms with Crippen molar-refractivity contribution < 1.29 is 0 Å². The van der Waals surface area contributed by atoms with E-state index in [9.17, 15) is 0 Å². The van der Waals surface area contributed by atoms with Crippen LogP contribution in [-0.4, -0.2) is 16.5 Å². The second-order valence-electron chi connectivity index (χ2n) is 7.02. The van der Waals surface area contributed by atoms with Crippen LogP contribution in [0.4, 0.5) is 11.8 Å². The highest BCUT2D eigenvalue weighted by Gasteiger charge is 2.19. The molecular weight excluding hydrogens is 344 g/mol. The van der Waals surface area contributed by atoms with Gasteiger partial charge < -0.3 is 10.6 Å². The maximum Gasteiger partial charge on any atom is 0.222 e. The first-order chi connectivity index (χ1) is 13.7. The summed E-state index contributed by atoms with van der Waals surface area (Å²) >= 11 is 0. The molecule has 0 atom stereocenters. The summed E-state index contributed by atoms with van der Waals surface area (Å²) in [6, 6.07) is 26.9. The van der Waals surface area contributed by atoms with Crippen LogP contribution in [0.2, 0.25) is 0 Å². The van der Waals surface area contributed by atoms with E-state index >= 15 is 0 Å². The van der Waals surface area contributed by atoms with Gasteiger partial charge in [-0.15, -0.1) is 0 Å². The third kappa shape index (κ3) is 3.96. The summed E-state index contributed by atoms with van der Waals surface area (Å²) < 4.78 is 0. The summed E-state index contributed by atoms with van der Waals surface area (Å²) in [7, 11) is 0. The van der Waals surface area contributed by atoms with Gasteiger partial charge in [-0.05, 0) is 36.6 Å². The summed E-state index contributed by atoms with van der Waals surface area (Å²) in [5.74, 6) is 1.27. The fourth-order valence-corrected chi connectivity index (χ4v) is 3.53. The minimum Gasteiger partial charge on any atom is -0.368 e. The molecule has 28 heavy (non-hydrogen) atoms. The normalized spacial score (nSPS) is 12.8. The van der Waals surface area contributed by atoms with Crippen molar-refractivity contribution in [1.29, 1.82) is 0 Å². The maximum atomic E-state index is 5.88. The third-order valence-electron chi connectivity index (χ3n) is 4.97. The van der Waals surface area contributed by atoms with Gasteiger partial charge in [0.1, 0.15) is 5.82 Å². The van der Waals surface area contributed by atoms with Crippen LogP contribution in [0.5, 0.6) is 0 Å². The number of nitrogen functional groups attached to an aromatic ring is 1. The molecule has 0 saturated carbocycles. The molecule has 2 heterocycles. The molecule has 1 aromatic heterocycles. The lowest BCUT2D eigenvalue weighted by atomic mass is 10.00. The minimum absolute atomic E-state index is 0.336. The van der Waals surface area contributed by atoms with Gasteiger partial charge in [0.05, 0.1) is 5.52 Å². The fourth-order valence-electron chi connectivity index (χ4n) is 3.53. The zero-order valence-corrected chi connectivity index (χ0v) is 16.0. The Morgan fingerprint density at radius 1 is 0.786 bits per heavy atom. The first-order valence-electron chi connectivity index (χ1n) is 9.56. The van der Waals surface area contributed by atoms with E-state index in [-0.39, 0.29) is 0 Å². The SMILES string of the molecule is Cc1ccccc1.Nc1nc(N2CCc3ccccc3C2)c2ccccc2n1. The molecule has 0 aliphatic carbocycles. The molecule has 0 saturated heterocycles. The van der Waals surface area contributed by atoms with Crippen LogP contribution in [0.25, 0.3) is 10.9 Å². The Morgan fingerprint density at radius 2 is 1.46 bits per heavy atom. The Bertz CT molecular complexity index is 1080. The predicted octanol–water partition coefficient (Wildman–Crippen LogP) is 4.77. The van der Waals surface area contributed by atoms with Crippen molar-refractivity contribution in [1.82, 2.24) is 9.97 Å². The molecule has 4 heteroatoms. The zero-order valence-electron chi connectivity index (χ0n) is 16.0. The first-order valence-corrected chi connectivity index (χ1v) is 9.56. The van der Waals surface area contributed by atoms with Gasteiger partial charge in [0.2, 0.25) is 5.95 Å². The Labute approximate surface area is 165 Å². The molecule has 1 aliphatic heterocycles. The molecule has 4 nitrogen and oxygen atoms in total. The molecule has 0 fully saturated rings. The number of rotatable bonds is 1. The highest BCUT2D eigenvalue weighted by molar-refractivity contribution is 5.90. The van der Waals surface area contributed by atoms with Crippen molar-refractivity contribution in [2.24, 2.45) is 0 Å². The maximum absolute atomic E-state index is 5.88. The van der Waals surface area contributed by atoms with Gasteiger partial charge >= 0.3 is 0 Å². The summed E-state index contributed by atoms with van der Waals surface area (Å²) in [5, 5.41) is 1.06. The zero-order chi connectivity index (χ0) is 19.3. The second-order valence-corrected chi connectivity index (χ2v) is 7.02. The van der Waals surface area contributed by atoms with E-state index in [2.05, 4.69) is 64.3 Å². The summed E-state index contributed by atoms with van der Waals surface area (Å²) in [4.78, 5) is 11.1. The van der Waals surface area contributed by atoms with Crippen molar-refractivity contribution in [2.45, 2.75) is 19.9 Å². The largest absolute Gasteiger partial charge is 0.368 e. The van der Waals surface area contributed by atoms with Crippen LogP contribution in [0.15, 0.2) is 78.9 Å². The van der Waals surface area contributed by atoms with Crippen molar-refractivity contribution in [3.8, 4) is 0 Å². The average molecular weight is 368 g/mol. The van der Waals surface area contributed by atoms with Crippen molar-refractivity contribution in [3.05, 3.63) is 95.6 Å². The van der Waals surface area contributed by atoms with Crippen LogP contribution in [0, 0.1) is 6.92 Å². The molecule has 2 N–H and O–H groups in total. The number of aromatic nitrogens is 2. The van der Waals surface area contributed by atoms with Crippen LogP contribution in [-0.2, 0) is 13.0 Å². The minimum atomic E-state index is 0.336. The summed E-state index contributed by atoms with van der Waals surface area (Å²) in [6.07, 6.45) is 1.04. The van der Waals surface area contributed by atoms with Crippen molar-refractivity contribution >= 4 is 22.7 Å². The molecule has 0 radical (unpaired) electrons. The Morgan fingerprint density at radius 3 is 2.21 bits per heavy atom. The molecule has 0 amide bonds. The molecule has 4 aromatic rings. The number of aryl methyl sites for hydroxylation is 1. The van der Waals surface area contributed by atoms with E-state index in [1.165, 1.54) is 16.7 Å². The Hall–Kier alpha value is -3.40. The van der Waals surface area contributed by atoms with Crippen LogP contribution in [0.3, 0.4) is 0 Å². The van der Waals surface area contributed by atoms with E-state index in [0.29, 0.717) is 5.95 Å². The van der Waals surface area contributed by atoms with Crippen LogP contribution in [0.1, 0.15) is 16.7 Å². The molecule has 140 valence electrons. The summed E-state index contributed by atoms with van der Waals surface area (Å²) in [6.45, 7) is 3.91. The lowest BCUT2D eigenvalue weighted by Gasteiger charge is -2.30. The van der Waals surface area contributed by atoms with Gasteiger partial charge in [-0.3, -0.25) is 0 Å². The quantitative estimate of drug-likeness (QED) is 0.526. The predicted molar refractivity (Wildman–Crippen MR) is 116 cm³/mol. The second kappa shape index (κ2) is 8.09. The third-order valence-corrected chi connectivity index (χ3v) is 4.97. The van der Waals surface area contributed by atoms with Gasteiger partial charge in [0.25, 0.3) is 0 Å². The molecular formula is C24H24N4. The standard InChI is InChI=1S/C17H16N4.C7H8/c18-17-19-15-8-4-3-7-14(15)16(20-17)21-10-9-12-5-1-2-6-13(12)11-21;1-7-5-3-2-4-6-7/h1-8H,9-11H2,(H2,18,19,20);2-6H,1H3. The van der Waals surface area contributed by atoms with Crippen molar-refractivity contribution in [2.75, 3.05) is 17.2 Å². The fraction of sp³-hybridized carbons (Fsp3) is 0.167. The van der Waals surface area contributed by atoms with Gasteiger partial charge in [-0.2, -0.15) is 4.98 Å². The smallest absolute Gasteiger partial charge is 0.222 e. The monoisotopic (exact) mass is 368 g/mol. The molecule has 3 aromatic carbocycles. The van der Waals surface area contributed by atoms with E-state index in [1.54, 1.807) is 0 Å². The summed E-state index contributed by atoms with van der Waals surface area (Å²) in [5.41, 5.74) is 10.9. The van der Waals surface area contributed by atoms with Gasteiger partial charge in [-0.25, -0.2) is 4.98 Å². The van der Waals surface area contributed by atoms with E-state index in [1.807, 2.05) is 36.4 Å². The number of benzene rings is 3. The van der Waals surface area contributed by atoms with E-state index < -0.39 is 0 Å². The number of nitrogens with zero attached hydrogens (tertiary/aromatic N) is 3. The Balaban J connectivity index is 0.000000233. The molecule has 5 rings (SSSR count). The highest BCUT2D eigenvalue weighted by Crippen LogP contribution is 2.29. The number of para-hydroxylation sites is 1. The van der Waals surface area contributed by atoms with Gasteiger partial charge in [0, 0.05) is 18.5 Å². The molecule has 0 unspecified atom stereocenters. The van der Waals surface area contributed by atoms with Gasteiger partial charge in [-0.1, -0.05) is 72.3 Å². The molecule has 0 bridgehead atoms. The highest BCUT2D eigenvalue weighted by atomic mass is 15.2. The van der Waals surface area contributed by atoms with E-state index in [0.717, 1.165) is 36.2 Å². The molecule has 0 spiro atoms. The van der Waals surface area contributed by atoms with Gasteiger partial charge in [0.15, 0.2) is 0 Å². The number of hydrogen-bond acceptors (Lipinski definition) is 4. The lowest BCUT2D eigenvalue weighted by Crippen LogP contribution is -2.31. The topological polar surface area (TPSA) is 55.0 Å². The number of fused-ring (bicyclic) bond motifs is 2. The molecule has 1 aliphatic rings. The van der Waals surface area contributed by atoms with E-state index in [4.69, 9.17) is 5.73 Å². The van der Waals surface area contributed by atoms with Crippen molar-refractivity contribution in [3.63, 3.8) is 0 Å². The number of hydrogen-bond donors (Lipinski definition) is 1. The van der Waals surface area contributed by atoms with Crippen LogP contribution < -0.4 is 10.6 Å². The average Bonchev–Trinajstić information content (AvgIpc) is 2.74.